The lowest BCUT2D eigenvalue weighted by molar-refractivity contribution is 0.0116. The smallest absolute Gasteiger partial charge is 0.194 e. The second-order valence-electron chi connectivity index (χ2n) is 5.85. The van der Waals surface area contributed by atoms with Gasteiger partial charge in [0.15, 0.2) is 5.78 Å². The number of benzene rings is 1. The average molecular weight is 260 g/mol. The zero-order valence-electron chi connectivity index (χ0n) is 12.0. The fourth-order valence-corrected chi connectivity index (χ4v) is 2.83. The minimum atomic E-state index is -1.11. The fraction of sp³-hybridized carbons (Fsp3) is 0.588. The normalized spacial score (nSPS) is 19.9. The Morgan fingerprint density at radius 3 is 2.32 bits per heavy atom. The van der Waals surface area contributed by atoms with Gasteiger partial charge in [0, 0.05) is 5.56 Å². The molecule has 0 saturated heterocycles. The van der Waals surface area contributed by atoms with E-state index < -0.39 is 5.60 Å². The molecule has 1 aliphatic carbocycles. The van der Waals surface area contributed by atoms with E-state index in [1.807, 2.05) is 24.3 Å². The van der Waals surface area contributed by atoms with Gasteiger partial charge in [-0.1, -0.05) is 57.4 Å². The van der Waals surface area contributed by atoms with Gasteiger partial charge in [-0.05, 0) is 30.7 Å². The molecule has 0 amide bonds. The van der Waals surface area contributed by atoms with Crippen LogP contribution in [0.4, 0.5) is 0 Å². The molecule has 104 valence electrons. The molecule has 1 atom stereocenters. The van der Waals surface area contributed by atoms with Crippen molar-refractivity contribution in [2.24, 2.45) is 0 Å². The van der Waals surface area contributed by atoms with Crippen LogP contribution in [0.25, 0.3) is 0 Å². The Morgan fingerprint density at radius 2 is 1.79 bits per heavy atom. The standard InChI is InChI=1S/C17H24O2/c1-3-13(2)14-7-9-15(10-8-14)16(18)17(19)11-5-4-6-12-17/h7-10,13,19H,3-6,11-12H2,1-2H3. The van der Waals surface area contributed by atoms with Gasteiger partial charge in [0.2, 0.25) is 0 Å². The van der Waals surface area contributed by atoms with Crippen molar-refractivity contribution in [1.82, 2.24) is 0 Å². The van der Waals surface area contributed by atoms with Gasteiger partial charge in [0.25, 0.3) is 0 Å². The topological polar surface area (TPSA) is 37.3 Å². The van der Waals surface area contributed by atoms with E-state index in [9.17, 15) is 9.90 Å². The molecule has 1 aliphatic rings. The summed E-state index contributed by atoms with van der Waals surface area (Å²) in [6.07, 6.45) is 5.35. The molecular formula is C17H24O2. The predicted octanol–water partition coefficient (Wildman–Crippen LogP) is 4.08. The number of carbonyl (C=O) groups excluding carboxylic acids is 1. The maximum absolute atomic E-state index is 12.4. The third-order valence-electron chi connectivity index (χ3n) is 4.46. The van der Waals surface area contributed by atoms with Gasteiger partial charge in [-0.2, -0.15) is 0 Å². The Labute approximate surface area is 115 Å². The van der Waals surface area contributed by atoms with Gasteiger partial charge in [0.05, 0.1) is 0 Å². The van der Waals surface area contributed by atoms with Crippen LogP contribution in [0, 0.1) is 0 Å². The highest BCUT2D eigenvalue weighted by molar-refractivity contribution is 6.02. The zero-order valence-corrected chi connectivity index (χ0v) is 12.0. The summed E-state index contributed by atoms with van der Waals surface area (Å²) in [7, 11) is 0. The van der Waals surface area contributed by atoms with Crippen molar-refractivity contribution in [3.05, 3.63) is 35.4 Å². The van der Waals surface area contributed by atoms with E-state index in [1.54, 1.807) is 0 Å². The summed E-state index contributed by atoms with van der Waals surface area (Å²) >= 11 is 0. The van der Waals surface area contributed by atoms with Crippen LogP contribution in [-0.4, -0.2) is 16.5 Å². The van der Waals surface area contributed by atoms with Gasteiger partial charge < -0.3 is 5.11 Å². The zero-order chi connectivity index (χ0) is 13.9. The molecule has 0 bridgehead atoms. The summed E-state index contributed by atoms with van der Waals surface area (Å²) in [6.45, 7) is 4.35. The van der Waals surface area contributed by atoms with Crippen LogP contribution >= 0.6 is 0 Å². The Morgan fingerprint density at radius 1 is 1.21 bits per heavy atom. The highest BCUT2D eigenvalue weighted by atomic mass is 16.3. The molecule has 1 N–H and O–H groups in total. The molecule has 2 heteroatoms. The van der Waals surface area contributed by atoms with E-state index in [0.717, 1.165) is 25.7 Å². The van der Waals surface area contributed by atoms with Crippen LogP contribution in [-0.2, 0) is 0 Å². The van der Waals surface area contributed by atoms with Crippen molar-refractivity contribution in [2.75, 3.05) is 0 Å². The van der Waals surface area contributed by atoms with Crippen LogP contribution in [0.5, 0.6) is 0 Å². The van der Waals surface area contributed by atoms with E-state index in [2.05, 4.69) is 13.8 Å². The highest BCUT2D eigenvalue weighted by Gasteiger charge is 2.37. The SMILES string of the molecule is CCC(C)c1ccc(C(=O)C2(O)CCCCC2)cc1. The summed E-state index contributed by atoms with van der Waals surface area (Å²) in [5.41, 5.74) is 0.794. The van der Waals surface area contributed by atoms with Crippen LogP contribution in [0.15, 0.2) is 24.3 Å². The lowest BCUT2D eigenvalue weighted by atomic mass is 9.79. The van der Waals surface area contributed by atoms with E-state index in [1.165, 1.54) is 5.56 Å². The maximum Gasteiger partial charge on any atom is 0.194 e. The van der Waals surface area contributed by atoms with Crippen LogP contribution < -0.4 is 0 Å². The van der Waals surface area contributed by atoms with Crippen molar-refractivity contribution in [3.8, 4) is 0 Å². The first-order valence-electron chi connectivity index (χ1n) is 7.44. The maximum atomic E-state index is 12.4. The first-order valence-corrected chi connectivity index (χ1v) is 7.44. The van der Waals surface area contributed by atoms with Crippen LogP contribution in [0.3, 0.4) is 0 Å². The van der Waals surface area contributed by atoms with E-state index in [0.29, 0.717) is 24.3 Å². The minimum absolute atomic E-state index is 0.0945. The molecule has 1 aromatic rings. The largest absolute Gasteiger partial charge is 0.382 e. The lowest BCUT2D eigenvalue weighted by Crippen LogP contribution is -2.40. The molecule has 1 unspecified atom stereocenters. The number of hydrogen-bond acceptors (Lipinski definition) is 2. The summed E-state index contributed by atoms with van der Waals surface area (Å²) in [4.78, 5) is 12.4. The second-order valence-corrected chi connectivity index (χ2v) is 5.85. The van der Waals surface area contributed by atoms with E-state index in [-0.39, 0.29) is 5.78 Å². The fourth-order valence-electron chi connectivity index (χ4n) is 2.83. The lowest BCUT2D eigenvalue weighted by Gasteiger charge is -2.30. The van der Waals surface area contributed by atoms with E-state index in [4.69, 9.17) is 0 Å². The van der Waals surface area contributed by atoms with Gasteiger partial charge >= 0.3 is 0 Å². The third kappa shape index (κ3) is 3.06. The first kappa shape index (κ1) is 14.3. The van der Waals surface area contributed by atoms with Gasteiger partial charge in [-0.3, -0.25) is 4.79 Å². The number of aliphatic hydroxyl groups is 1. The highest BCUT2D eigenvalue weighted by Crippen LogP contribution is 2.31. The molecule has 0 heterocycles. The molecule has 0 radical (unpaired) electrons. The molecule has 19 heavy (non-hydrogen) atoms. The second kappa shape index (κ2) is 5.87. The quantitative estimate of drug-likeness (QED) is 0.828. The van der Waals surface area contributed by atoms with Crippen LogP contribution in [0.2, 0.25) is 0 Å². The predicted molar refractivity (Wildman–Crippen MR) is 77.5 cm³/mol. The van der Waals surface area contributed by atoms with Crippen molar-refractivity contribution in [3.63, 3.8) is 0 Å². The monoisotopic (exact) mass is 260 g/mol. The number of Topliss-reactive ketones (excluding diaryl/α,β-unsaturated/α-hetero) is 1. The molecule has 0 aliphatic heterocycles. The number of carbonyl (C=O) groups is 1. The first-order chi connectivity index (χ1) is 9.07. The molecule has 1 saturated carbocycles. The molecule has 1 fully saturated rings. The molecular weight excluding hydrogens is 236 g/mol. The van der Waals surface area contributed by atoms with Gasteiger partial charge in [0.1, 0.15) is 5.60 Å². The minimum Gasteiger partial charge on any atom is -0.382 e. The van der Waals surface area contributed by atoms with E-state index >= 15 is 0 Å². The molecule has 2 nitrogen and oxygen atoms in total. The summed E-state index contributed by atoms with van der Waals surface area (Å²) in [5, 5.41) is 10.5. The molecule has 0 aromatic heterocycles. The Balaban J connectivity index is 2.15. The number of rotatable bonds is 4. The summed E-state index contributed by atoms with van der Waals surface area (Å²) in [6, 6.07) is 7.79. The average Bonchev–Trinajstić information content (AvgIpc) is 2.46. The van der Waals surface area contributed by atoms with Gasteiger partial charge in [-0.15, -0.1) is 0 Å². The number of hydrogen-bond donors (Lipinski definition) is 1. The van der Waals surface area contributed by atoms with Crippen molar-refractivity contribution >= 4 is 5.78 Å². The Kier molecular flexibility index (Phi) is 4.41. The van der Waals surface area contributed by atoms with Crippen molar-refractivity contribution in [1.29, 1.82) is 0 Å². The Hall–Kier alpha value is -1.15. The Bertz CT molecular complexity index is 427. The van der Waals surface area contributed by atoms with Crippen molar-refractivity contribution < 1.29 is 9.90 Å². The molecule has 2 rings (SSSR count). The summed E-state index contributed by atoms with van der Waals surface area (Å²) < 4.78 is 0. The molecule has 1 aromatic carbocycles. The number of ketones is 1. The molecule has 0 spiro atoms. The van der Waals surface area contributed by atoms with Gasteiger partial charge in [-0.25, -0.2) is 0 Å². The summed E-state index contributed by atoms with van der Waals surface area (Å²) in [5.74, 6) is 0.421. The van der Waals surface area contributed by atoms with Crippen LogP contribution in [0.1, 0.15) is 74.2 Å². The van der Waals surface area contributed by atoms with Crippen molar-refractivity contribution in [2.45, 2.75) is 63.9 Å². The third-order valence-corrected chi connectivity index (χ3v) is 4.46.